The van der Waals surface area contributed by atoms with Crippen molar-refractivity contribution >= 4 is 45.7 Å². The molecule has 0 atom stereocenters. The van der Waals surface area contributed by atoms with Gasteiger partial charge in [0.1, 0.15) is 6.26 Å². The highest BCUT2D eigenvalue weighted by Gasteiger charge is 2.20. The topological polar surface area (TPSA) is 207 Å². The first-order valence-electron chi connectivity index (χ1n) is 9.03. The molecule has 0 bridgehead atoms. The molecule has 18 heteroatoms. The van der Waals surface area contributed by atoms with E-state index in [2.05, 4.69) is 42.5 Å². The van der Waals surface area contributed by atoms with Crippen LogP contribution in [0.3, 0.4) is 0 Å². The summed E-state index contributed by atoms with van der Waals surface area (Å²) in [5, 5.41) is 15.4. The predicted molar refractivity (Wildman–Crippen MR) is 117 cm³/mol. The van der Waals surface area contributed by atoms with Crippen LogP contribution >= 0.6 is 12.0 Å². The second-order valence-corrected chi connectivity index (χ2v) is 7.93. The number of benzene rings is 1. The van der Waals surface area contributed by atoms with Crippen molar-refractivity contribution in [3.8, 4) is 0 Å². The minimum Gasteiger partial charge on any atom is -0.480 e. The summed E-state index contributed by atoms with van der Waals surface area (Å²) in [5.41, 5.74) is 2.75. The van der Waals surface area contributed by atoms with E-state index in [4.69, 9.17) is 19.1 Å². The van der Waals surface area contributed by atoms with E-state index in [1.165, 1.54) is 25.3 Å². The first kappa shape index (κ1) is 27.1. The number of aromatic nitrogens is 3. The third kappa shape index (κ3) is 9.41. The Morgan fingerprint density at radius 3 is 2.79 bits per heavy atom. The van der Waals surface area contributed by atoms with E-state index in [0.717, 1.165) is 12.3 Å². The van der Waals surface area contributed by atoms with Crippen molar-refractivity contribution in [2.24, 2.45) is 0 Å². The Kier molecular flexibility index (Phi) is 10.8. The zero-order chi connectivity index (χ0) is 25.0. The lowest BCUT2D eigenvalue weighted by Crippen LogP contribution is -2.31. The molecule has 0 fully saturated rings. The number of rotatable bonds is 16. The van der Waals surface area contributed by atoms with Crippen LogP contribution in [-0.2, 0) is 33.8 Å². The SMILES string of the molecule is C=COON(CC(=O)O)c1nc(Nc2cccc(S(=O)(=O)O)c2)nc(SONCNCOC)n1. The Hall–Kier alpha value is -3.10. The van der Waals surface area contributed by atoms with E-state index in [0.29, 0.717) is 17.1 Å². The Morgan fingerprint density at radius 2 is 2.12 bits per heavy atom. The van der Waals surface area contributed by atoms with Gasteiger partial charge in [0.25, 0.3) is 16.1 Å². The predicted octanol–water partition coefficient (Wildman–Crippen LogP) is 0.439. The fourth-order valence-electron chi connectivity index (χ4n) is 2.05. The monoisotopic (exact) mass is 519 g/mol. The number of hydrogen-bond acceptors (Lipinski definition) is 15. The molecule has 5 N–H and O–H groups in total. The number of methoxy groups -OCH3 is 1. The van der Waals surface area contributed by atoms with Gasteiger partial charge >= 0.3 is 5.97 Å². The highest BCUT2D eigenvalue weighted by molar-refractivity contribution is 7.94. The van der Waals surface area contributed by atoms with Crippen molar-refractivity contribution in [3.63, 3.8) is 0 Å². The molecule has 0 amide bonds. The van der Waals surface area contributed by atoms with Crippen LogP contribution in [-0.4, -0.2) is 66.1 Å². The Bertz CT molecular complexity index is 1070. The molecule has 0 aliphatic heterocycles. The third-order valence-electron chi connectivity index (χ3n) is 3.31. The van der Waals surface area contributed by atoms with Gasteiger partial charge in [-0.2, -0.15) is 33.9 Å². The first-order chi connectivity index (χ1) is 16.2. The van der Waals surface area contributed by atoms with Gasteiger partial charge in [-0.3, -0.25) is 14.7 Å². The maximum Gasteiger partial charge on any atom is 0.326 e. The number of hydrogen-bond donors (Lipinski definition) is 5. The molecule has 34 heavy (non-hydrogen) atoms. The number of anilines is 3. The van der Waals surface area contributed by atoms with Crippen molar-refractivity contribution in [2.75, 3.05) is 37.4 Å². The molecule has 0 aliphatic carbocycles. The minimum absolute atomic E-state index is 0.0460. The number of nitrogens with zero attached hydrogens (tertiary/aromatic N) is 4. The van der Waals surface area contributed by atoms with Crippen LogP contribution in [0.15, 0.2) is 47.2 Å². The summed E-state index contributed by atoms with van der Waals surface area (Å²) >= 11 is 0.664. The fourth-order valence-corrected chi connectivity index (χ4v) is 3.01. The van der Waals surface area contributed by atoms with E-state index in [1.807, 2.05) is 0 Å². The number of hydroxylamine groups is 2. The smallest absolute Gasteiger partial charge is 0.326 e. The average molecular weight is 520 g/mol. The molecule has 2 aromatic rings. The summed E-state index contributed by atoms with van der Waals surface area (Å²) in [6.07, 6.45) is 0.908. The minimum atomic E-state index is -4.45. The highest BCUT2D eigenvalue weighted by atomic mass is 32.2. The normalized spacial score (nSPS) is 11.1. The van der Waals surface area contributed by atoms with Crippen LogP contribution in [0, 0.1) is 0 Å². The van der Waals surface area contributed by atoms with Gasteiger partial charge in [0.05, 0.1) is 30.3 Å². The molecular weight excluding hydrogens is 498 g/mol. The fraction of sp³-hybridized carbons (Fsp3) is 0.250. The van der Waals surface area contributed by atoms with Crippen molar-refractivity contribution in [3.05, 3.63) is 37.1 Å². The molecule has 0 aliphatic rings. The van der Waals surface area contributed by atoms with Crippen LogP contribution in [0.25, 0.3) is 0 Å². The van der Waals surface area contributed by atoms with Crippen LogP contribution in [0.1, 0.15) is 0 Å². The molecule has 16 nitrogen and oxygen atoms in total. The number of nitrogens with one attached hydrogen (secondary N) is 3. The number of carboxylic acid groups (broad SMARTS) is 1. The second-order valence-electron chi connectivity index (χ2n) is 5.81. The van der Waals surface area contributed by atoms with Gasteiger partial charge in [-0.1, -0.05) is 17.6 Å². The maximum atomic E-state index is 11.4. The van der Waals surface area contributed by atoms with Crippen LogP contribution in [0.4, 0.5) is 17.6 Å². The summed E-state index contributed by atoms with van der Waals surface area (Å²) < 4.78 is 42.0. The molecule has 0 saturated carbocycles. The van der Waals surface area contributed by atoms with Crippen LogP contribution < -0.4 is 21.2 Å². The largest absolute Gasteiger partial charge is 0.480 e. The van der Waals surface area contributed by atoms with Gasteiger partial charge in [-0.05, 0) is 18.2 Å². The van der Waals surface area contributed by atoms with Crippen molar-refractivity contribution < 1.29 is 41.8 Å². The molecule has 0 spiro atoms. The third-order valence-corrected chi connectivity index (χ3v) is 4.70. The van der Waals surface area contributed by atoms with Gasteiger partial charge < -0.3 is 20.0 Å². The van der Waals surface area contributed by atoms with Gasteiger partial charge in [-0.25, -0.2) is 4.28 Å². The highest BCUT2D eigenvalue weighted by Crippen LogP contribution is 2.23. The quantitative estimate of drug-likeness (QED) is 0.0387. The van der Waals surface area contributed by atoms with E-state index in [1.54, 1.807) is 0 Å². The molecule has 0 radical (unpaired) electrons. The lowest BCUT2D eigenvalue weighted by atomic mass is 10.3. The van der Waals surface area contributed by atoms with Crippen molar-refractivity contribution in [1.29, 1.82) is 0 Å². The molecule has 0 saturated heterocycles. The van der Waals surface area contributed by atoms with E-state index >= 15 is 0 Å². The number of ether oxygens (including phenoxy) is 1. The van der Waals surface area contributed by atoms with Crippen molar-refractivity contribution in [2.45, 2.75) is 10.1 Å². The summed E-state index contributed by atoms with van der Waals surface area (Å²) in [6, 6.07) is 5.18. The molecule has 1 aromatic heterocycles. The van der Waals surface area contributed by atoms with Gasteiger partial charge in [0, 0.05) is 12.8 Å². The molecule has 2 rings (SSSR count). The van der Waals surface area contributed by atoms with Gasteiger partial charge in [0.2, 0.25) is 11.1 Å². The zero-order valence-corrected chi connectivity index (χ0v) is 19.2. The molecule has 0 unspecified atom stereocenters. The molecule has 186 valence electrons. The number of carbonyl (C=O) groups is 1. The average Bonchev–Trinajstić information content (AvgIpc) is 2.78. The Balaban J connectivity index is 2.31. The lowest BCUT2D eigenvalue weighted by Gasteiger charge is -2.18. The lowest BCUT2D eigenvalue weighted by molar-refractivity contribution is -0.260. The van der Waals surface area contributed by atoms with E-state index < -0.39 is 22.6 Å². The molecule has 1 aromatic carbocycles. The van der Waals surface area contributed by atoms with E-state index in [9.17, 15) is 17.8 Å². The first-order valence-corrected chi connectivity index (χ1v) is 11.2. The zero-order valence-electron chi connectivity index (χ0n) is 17.6. The second kappa shape index (κ2) is 13.6. The number of aliphatic carboxylic acids is 1. The molecule has 1 heterocycles. The summed E-state index contributed by atoms with van der Waals surface area (Å²) in [4.78, 5) is 32.5. The Labute approximate surface area is 198 Å². The van der Waals surface area contributed by atoms with E-state index in [-0.39, 0.29) is 41.0 Å². The van der Waals surface area contributed by atoms with Crippen molar-refractivity contribution in [1.82, 2.24) is 25.7 Å². The summed E-state index contributed by atoms with van der Waals surface area (Å²) in [5.74, 6) is -1.73. The summed E-state index contributed by atoms with van der Waals surface area (Å²) in [6.45, 7) is 3.06. The number of carboxylic acids is 1. The van der Waals surface area contributed by atoms with Gasteiger partial charge in [0.15, 0.2) is 6.54 Å². The van der Waals surface area contributed by atoms with Crippen LogP contribution in [0.5, 0.6) is 0 Å². The van der Waals surface area contributed by atoms with Crippen LogP contribution in [0.2, 0.25) is 0 Å². The summed E-state index contributed by atoms with van der Waals surface area (Å²) in [7, 11) is -2.94. The van der Waals surface area contributed by atoms with Gasteiger partial charge in [-0.15, -0.1) is 0 Å². The Morgan fingerprint density at radius 1 is 1.32 bits per heavy atom. The standard InChI is InChI=1S/C16H21N7O9S2/c1-3-30-32-23(8-13(24)25)15-20-14(19-11-5-4-6-12(7-11)34(26,27)28)21-16(22-15)33-31-18-9-17-10-29-2/h3-7,17-18H,1,8-10H2,2H3,(H,24,25)(H,26,27,28)(H,19,20,21,22). The molecular formula is C16H21N7O9S2. The maximum absolute atomic E-state index is 11.4.